The van der Waals surface area contributed by atoms with Crippen molar-refractivity contribution in [1.82, 2.24) is 0 Å². The maximum atomic E-state index is 11.6. The quantitative estimate of drug-likeness (QED) is 0.597. The summed E-state index contributed by atoms with van der Waals surface area (Å²) in [6, 6.07) is 0. The lowest BCUT2D eigenvalue weighted by Crippen LogP contribution is -2.19. The molecule has 1 unspecified atom stereocenters. The Hall–Kier alpha value is -0.330. The van der Waals surface area contributed by atoms with Crippen molar-refractivity contribution in [1.29, 1.82) is 0 Å². The van der Waals surface area contributed by atoms with E-state index >= 15 is 0 Å². The highest BCUT2D eigenvalue weighted by Gasteiger charge is 2.17. The van der Waals surface area contributed by atoms with Gasteiger partial charge in [0.05, 0.1) is 0 Å². The van der Waals surface area contributed by atoms with E-state index in [1.165, 1.54) is 0 Å². The molecule has 0 N–H and O–H groups in total. The first-order valence-corrected chi connectivity index (χ1v) is 5.17. The highest BCUT2D eigenvalue weighted by Crippen LogP contribution is 2.16. The van der Waals surface area contributed by atoms with Crippen molar-refractivity contribution in [3.05, 3.63) is 0 Å². The molecular formula is C11H22O. The molecule has 0 bridgehead atoms. The molecule has 2 atom stereocenters. The minimum Gasteiger partial charge on any atom is -0.299 e. The van der Waals surface area contributed by atoms with Gasteiger partial charge in [0.1, 0.15) is 5.78 Å². The van der Waals surface area contributed by atoms with Crippen LogP contribution in [0.5, 0.6) is 0 Å². The molecule has 0 fully saturated rings. The monoisotopic (exact) mass is 170 g/mol. The Labute approximate surface area is 76.6 Å². The maximum absolute atomic E-state index is 11.6. The van der Waals surface area contributed by atoms with Gasteiger partial charge in [-0.2, -0.15) is 0 Å². The summed E-state index contributed by atoms with van der Waals surface area (Å²) in [5.41, 5.74) is 0. The molecule has 0 heterocycles. The molecule has 0 saturated carbocycles. The van der Waals surface area contributed by atoms with Crippen LogP contribution in [0.4, 0.5) is 0 Å². The van der Waals surface area contributed by atoms with Gasteiger partial charge in [-0.3, -0.25) is 4.79 Å². The SMILES string of the molecule is CCCC(C)C(=O)[C@@H](C)CCC. The minimum absolute atomic E-state index is 0.275. The first-order chi connectivity index (χ1) is 5.63. The molecule has 72 valence electrons. The molecule has 1 nitrogen and oxygen atoms in total. The van der Waals surface area contributed by atoms with E-state index < -0.39 is 0 Å². The van der Waals surface area contributed by atoms with Gasteiger partial charge in [0.25, 0.3) is 0 Å². The third-order valence-corrected chi connectivity index (χ3v) is 2.41. The van der Waals surface area contributed by atoms with Crippen LogP contribution >= 0.6 is 0 Å². The van der Waals surface area contributed by atoms with Gasteiger partial charge in [-0.25, -0.2) is 0 Å². The molecular weight excluding hydrogens is 148 g/mol. The van der Waals surface area contributed by atoms with Crippen LogP contribution in [0.25, 0.3) is 0 Å². The summed E-state index contributed by atoms with van der Waals surface area (Å²) in [7, 11) is 0. The van der Waals surface area contributed by atoms with Gasteiger partial charge in [-0.15, -0.1) is 0 Å². The molecule has 0 aromatic carbocycles. The van der Waals surface area contributed by atoms with E-state index in [1.54, 1.807) is 0 Å². The van der Waals surface area contributed by atoms with Crippen LogP contribution in [-0.4, -0.2) is 5.78 Å². The van der Waals surface area contributed by atoms with Crippen molar-refractivity contribution < 1.29 is 4.79 Å². The molecule has 12 heavy (non-hydrogen) atoms. The van der Waals surface area contributed by atoms with Gasteiger partial charge < -0.3 is 0 Å². The first-order valence-electron chi connectivity index (χ1n) is 5.17. The standard InChI is InChI=1S/C11H22O/c1-5-7-9(3)11(12)10(4)8-6-2/h9-10H,5-8H2,1-4H3/t9-,10?/m0/s1. The number of rotatable bonds is 6. The lowest BCUT2D eigenvalue weighted by atomic mass is 9.89. The number of hydrogen-bond acceptors (Lipinski definition) is 1. The van der Waals surface area contributed by atoms with E-state index in [0.29, 0.717) is 5.78 Å². The fourth-order valence-electron chi connectivity index (χ4n) is 1.64. The van der Waals surface area contributed by atoms with E-state index in [-0.39, 0.29) is 11.8 Å². The van der Waals surface area contributed by atoms with Crippen LogP contribution in [0.3, 0.4) is 0 Å². The van der Waals surface area contributed by atoms with Gasteiger partial charge in [0, 0.05) is 11.8 Å². The van der Waals surface area contributed by atoms with Crippen molar-refractivity contribution in [2.75, 3.05) is 0 Å². The number of carbonyl (C=O) groups is 1. The van der Waals surface area contributed by atoms with Crippen LogP contribution in [0.1, 0.15) is 53.4 Å². The lowest BCUT2D eigenvalue weighted by Gasteiger charge is -2.14. The Morgan fingerprint density at radius 1 is 1.00 bits per heavy atom. The summed E-state index contributed by atoms with van der Waals surface area (Å²) < 4.78 is 0. The fraction of sp³-hybridized carbons (Fsp3) is 0.909. The summed E-state index contributed by atoms with van der Waals surface area (Å²) in [4.78, 5) is 11.6. The summed E-state index contributed by atoms with van der Waals surface area (Å²) >= 11 is 0. The molecule has 0 saturated heterocycles. The molecule has 0 aliphatic heterocycles. The molecule has 0 spiro atoms. The summed E-state index contributed by atoms with van der Waals surface area (Å²) in [6.45, 7) is 8.37. The zero-order chi connectivity index (χ0) is 9.56. The van der Waals surface area contributed by atoms with Gasteiger partial charge in [0.2, 0.25) is 0 Å². The van der Waals surface area contributed by atoms with Crippen molar-refractivity contribution in [3.63, 3.8) is 0 Å². The maximum Gasteiger partial charge on any atom is 0.138 e. The molecule has 0 aromatic heterocycles. The summed E-state index contributed by atoms with van der Waals surface area (Å²) in [6.07, 6.45) is 4.33. The van der Waals surface area contributed by atoms with E-state index in [1.807, 2.05) is 0 Å². The Morgan fingerprint density at radius 2 is 1.33 bits per heavy atom. The van der Waals surface area contributed by atoms with Crippen molar-refractivity contribution in [2.45, 2.75) is 53.4 Å². The number of ketones is 1. The number of Topliss-reactive ketones (excluding diaryl/α,β-unsaturated/α-hetero) is 1. The van der Waals surface area contributed by atoms with Gasteiger partial charge >= 0.3 is 0 Å². The van der Waals surface area contributed by atoms with Crippen molar-refractivity contribution in [3.8, 4) is 0 Å². The van der Waals surface area contributed by atoms with Crippen LogP contribution in [0, 0.1) is 11.8 Å². The molecule has 0 aliphatic rings. The fourth-order valence-corrected chi connectivity index (χ4v) is 1.64. The number of hydrogen-bond donors (Lipinski definition) is 0. The topological polar surface area (TPSA) is 17.1 Å². The summed E-state index contributed by atoms with van der Waals surface area (Å²) in [5.74, 6) is 1.01. The Morgan fingerprint density at radius 3 is 1.58 bits per heavy atom. The first kappa shape index (κ1) is 11.7. The smallest absolute Gasteiger partial charge is 0.138 e. The minimum atomic E-state index is 0.275. The van der Waals surface area contributed by atoms with Crippen molar-refractivity contribution >= 4 is 5.78 Å². The van der Waals surface area contributed by atoms with Gasteiger partial charge in [-0.1, -0.05) is 40.5 Å². The van der Waals surface area contributed by atoms with Crippen LogP contribution in [0.2, 0.25) is 0 Å². The molecule has 0 aliphatic carbocycles. The highest BCUT2D eigenvalue weighted by molar-refractivity contribution is 5.82. The second-order valence-corrected chi connectivity index (χ2v) is 3.78. The predicted molar refractivity (Wildman–Crippen MR) is 53.2 cm³/mol. The predicted octanol–water partition coefficient (Wildman–Crippen LogP) is 3.43. The lowest BCUT2D eigenvalue weighted by molar-refractivity contribution is -0.126. The average Bonchev–Trinajstić information content (AvgIpc) is 2.04. The molecule has 0 aromatic rings. The largest absolute Gasteiger partial charge is 0.299 e. The molecule has 0 amide bonds. The Balaban J connectivity index is 3.82. The second kappa shape index (κ2) is 6.22. The van der Waals surface area contributed by atoms with Crippen LogP contribution in [0.15, 0.2) is 0 Å². The molecule has 0 radical (unpaired) electrons. The third kappa shape index (κ3) is 3.89. The zero-order valence-corrected chi connectivity index (χ0v) is 8.89. The molecule has 1 heteroatoms. The van der Waals surface area contributed by atoms with Gasteiger partial charge in [0.15, 0.2) is 0 Å². The average molecular weight is 170 g/mol. The van der Waals surface area contributed by atoms with Crippen LogP contribution in [-0.2, 0) is 4.79 Å². The Kier molecular flexibility index (Phi) is 6.04. The van der Waals surface area contributed by atoms with E-state index in [4.69, 9.17) is 0 Å². The zero-order valence-electron chi connectivity index (χ0n) is 8.89. The summed E-state index contributed by atoms with van der Waals surface area (Å²) in [5, 5.41) is 0. The van der Waals surface area contributed by atoms with E-state index in [9.17, 15) is 4.79 Å². The van der Waals surface area contributed by atoms with Crippen LogP contribution < -0.4 is 0 Å². The normalized spacial score (nSPS) is 15.7. The highest BCUT2D eigenvalue weighted by atomic mass is 16.1. The van der Waals surface area contributed by atoms with Gasteiger partial charge in [-0.05, 0) is 12.8 Å². The van der Waals surface area contributed by atoms with Crippen molar-refractivity contribution in [2.24, 2.45) is 11.8 Å². The molecule has 0 rings (SSSR count). The Bertz CT molecular complexity index is 115. The van der Waals surface area contributed by atoms with E-state index in [2.05, 4.69) is 27.7 Å². The number of carbonyl (C=O) groups excluding carboxylic acids is 1. The third-order valence-electron chi connectivity index (χ3n) is 2.41. The second-order valence-electron chi connectivity index (χ2n) is 3.78. The van der Waals surface area contributed by atoms with E-state index in [0.717, 1.165) is 25.7 Å².